The van der Waals surface area contributed by atoms with E-state index in [4.69, 9.17) is 4.74 Å². The number of benzene rings is 1. The molecule has 6 heteroatoms. The monoisotopic (exact) mass is 354 g/mol. The maximum atomic E-state index is 12.4. The van der Waals surface area contributed by atoms with Crippen molar-refractivity contribution in [1.82, 2.24) is 10.3 Å². The molecule has 1 amide bonds. The molecule has 0 aliphatic carbocycles. The molecule has 2 aromatic heterocycles. The number of aromatic nitrogens is 1. The predicted octanol–water partition coefficient (Wildman–Crippen LogP) is 3.64. The van der Waals surface area contributed by atoms with E-state index in [0.717, 1.165) is 16.1 Å². The van der Waals surface area contributed by atoms with Crippen molar-refractivity contribution in [1.29, 1.82) is 0 Å². The van der Waals surface area contributed by atoms with E-state index < -0.39 is 5.97 Å². The van der Waals surface area contributed by atoms with Gasteiger partial charge in [-0.25, -0.2) is 4.79 Å². The molecule has 1 N–H and O–H groups in total. The first-order chi connectivity index (χ1) is 12.0. The second-order valence-corrected chi connectivity index (χ2v) is 6.69. The molecule has 5 nitrogen and oxygen atoms in total. The summed E-state index contributed by atoms with van der Waals surface area (Å²) >= 11 is 1.57. The molecule has 0 saturated heterocycles. The summed E-state index contributed by atoms with van der Waals surface area (Å²) in [6, 6.07) is 12.8. The van der Waals surface area contributed by atoms with Crippen molar-refractivity contribution in [2.75, 3.05) is 6.61 Å². The highest BCUT2D eigenvalue weighted by Gasteiger charge is 2.16. The third-order valence-corrected chi connectivity index (χ3v) is 4.80. The van der Waals surface area contributed by atoms with Crippen LogP contribution in [0.2, 0.25) is 0 Å². The van der Waals surface area contributed by atoms with Gasteiger partial charge in [0.25, 0.3) is 5.91 Å². The van der Waals surface area contributed by atoms with Crippen molar-refractivity contribution in [3.05, 3.63) is 64.0 Å². The standard InChI is InChI=1S/C19H18N2O3S/c1-12-10-15(14-6-3-4-7-16(14)20-12)19(23)24-11-18(22)21-13(2)17-8-5-9-25-17/h3-10,13H,11H2,1-2H3,(H,21,22)/t13-/m0/s1. The van der Waals surface area contributed by atoms with Crippen molar-refractivity contribution in [2.24, 2.45) is 0 Å². The molecule has 2 heterocycles. The lowest BCUT2D eigenvalue weighted by Crippen LogP contribution is -2.30. The number of para-hydroxylation sites is 1. The molecule has 0 aliphatic rings. The van der Waals surface area contributed by atoms with Crippen LogP contribution in [0.1, 0.15) is 33.9 Å². The summed E-state index contributed by atoms with van der Waals surface area (Å²) in [6.45, 7) is 3.40. The Balaban J connectivity index is 1.66. The van der Waals surface area contributed by atoms with Gasteiger partial charge in [-0.3, -0.25) is 9.78 Å². The van der Waals surface area contributed by atoms with Crippen LogP contribution in [-0.2, 0) is 9.53 Å². The number of rotatable bonds is 5. The van der Waals surface area contributed by atoms with Crippen LogP contribution in [0.15, 0.2) is 47.8 Å². The summed E-state index contributed by atoms with van der Waals surface area (Å²) in [7, 11) is 0. The van der Waals surface area contributed by atoms with E-state index in [1.54, 1.807) is 17.4 Å². The van der Waals surface area contributed by atoms with Gasteiger partial charge < -0.3 is 10.1 Å². The lowest BCUT2D eigenvalue weighted by atomic mass is 10.1. The molecule has 0 aliphatic heterocycles. The number of carbonyl (C=O) groups is 2. The van der Waals surface area contributed by atoms with Gasteiger partial charge in [-0.2, -0.15) is 0 Å². The Morgan fingerprint density at radius 1 is 1.24 bits per heavy atom. The van der Waals surface area contributed by atoms with E-state index in [0.29, 0.717) is 10.9 Å². The Morgan fingerprint density at radius 3 is 2.80 bits per heavy atom. The summed E-state index contributed by atoms with van der Waals surface area (Å²) < 4.78 is 5.20. The lowest BCUT2D eigenvalue weighted by Gasteiger charge is -2.13. The zero-order valence-corrected chi connectivity index (χ0v) is 14.8. The Morgan fingerprint density at radius 2 is 2.04 bits per heavy atom. The van der Waals surface area contributed by atoms with Crippen LogP contribution in [0.3, 0.4) is 0 Å². The number of thiophene rings is 1. The summed E-state index contributed by atoms with van der Waals surface area (Å²) in [4.78, 5) is 29.9. The summed E-state index contributed by atoms with van der Waals surface area (Å²) in [5, 5.41) is 5.49. The van der Waals surface area contributed by atoms with Gasteiger partial charge in [0.1, 0.15) is 0 Å². The molecule has 128 valence electrons. The van der Waals surface area contributed by atoms with Crippen molar-refractivity contribution in [2.45, 2.75) is 19.9 Å². The van der Waals surface area contributed by atoms with Crippen LogP contribution in [0.4, 0.5) is 0 Å². The van der Waals surface area contributed by atoms with Crippen LogP contribution >= 0.6 is 11.3 Å². The van der Waals surface area contributed by atoms with Gasteiger partial charge in [0.05, 0.1) is 17.1 Å². The van der Waals surface area contributed by atoms with E-state index in [1.807, 2.05) is 55.6 Å². The largest absolute Gasteiger partial charge is 0.452 e. The zero-order valence-electron chi connectivity index (χ0n) is 14.0. The van der Waals surface area contributed by atoms with Crippen molar-refractivity contribution >= 4 is 34.1 Å². The fourth-order valence-corrected chi connectivity index (χ4v) is 3.31. The van der Waals surface area contributed by atoms with E-state index in [9.17, 15) is 9.59 Å². The number of nitrogens with one attached hydrogen (secondary N) is 1. The minimum Gasteiger partial charge on any atom is -0.452 e. The van der Waals surface area contributed by atoms with Crippen LogP contribution in [0, 0.1) is 6.92 Å². The molecule has 0 saturated carbocycles. The smallest absolute Gasteiger partial charge is 0.339 e. The fourth-order valence-electron chi connectivity index (χ4n) is 2.58. The van der Waals surface area contributed by atoms with Crippen molar-refractivity contribution in [3.8, 4) is 0 Å². The highest BCUT2D eigenvalue weighted by Crippen LogP contribution is 2.20. The Kier molecular flexibility index (Phi) is 5.09. The average molecular weight is 354 g/mol. The summed E-state index contributed by atoms with van der Waals surface area (Å²) in [5.74, 6) is -0.857. The van der Waals surface area contributed by atoms with Crippen LogP contribution < -0.4 is 5.32 Å². The van der Waals surface area contributed by atoms with Crippen molar-refractivity contribution < 1.29 is 14.3 Å². The maximum Gasteiger partial charge on any atom is 0.339 e. The van der Waals surface area contributed by atoms with Crippen molar-refractivity contribution in [3.63, 3.8) is 0 Å². The minimum absolute atomic E-state index is 0.116. The number of hydrogen-bond donors (Lipinski definition) is 1. The normalized spacial score (nSPS) is 11.9. The number of esters is 1. The molecule has 0 bridgehead atoms. The van der Waals surface area contributed by atoms with Gasteiger partial charge in [-0.1, -0.05) is 24.3 Å². The second kappa shape index (κ2) is 7.44. The Labute approximate surface area is 149 Å². The molecule has 0 unspecified atom stereocenters. The predicted molar refractivity (Wildman–Crippen MR) is 97.6 cm³/mol. The third-order valence-electron chi connectivity index (χ3n) is 3.75. The topological polar surface area (TPSA) is 68.3 Å². The zero-order chi connectivity index (χ0) is 17.8. The van der Waals surface area contributed by atoms with Crippen LogP contribution in [0.25, 0.3) is 10.9 Å². The number of fused-ring (bicyclic) bond motifs is 1. The molecule has 3 rings (SSSR count). The number of aryl methyl sites for hydroxylation is 1. The Hall–Kier alpha value is -2.73. The molecule has 25 heavy (non-hydrogen) atoms. The SMILES string of the molecule is Cc1cc(C(=O)OCC(=O)N[C@@H](C)c2cccs2)c2ccccc2n1. The molecule has 3 aromatic rings. The second-order valence-electron chi connectivity index (χ2n) is 5.71. The highest BCUT2D eigenvalue weighted by molar-refractivity contribution is 7.10. The van der Waals surface area contributed by atoms with Gasteiger partial charge >= 0.3 is 5.97 Å². The number of ether oxygens (including phenoxy) is 1. The molecule has 1 atom stereocenters. The number of hydrogen-bond acceptors (Lipinski definition) is 5. The first kappa shape index (κ1) is 17.1. The van der Waals surface area contributed by atoms with Crippen LogP contribution in [0.5, 0.6) is 0 Å². The first-order valence-corrected chi connectivity index (χ1v) is 8.79. The van der Waals surface area contributed by atoms with Gasteiger partial charge in [-0.05, 0) is 37.4 Å². The maximum absolute atomic E-state index is 12.4. The first-order valence-electron chi connectivity index (χ1n) is 7.91. The number of amides is 1. The lowest BCUT2D eigenvalue weighted by molar-refractivity contribution is -0.124. The minimum atomic E-state index is -0.527. The van der Waals surface area contributed by atoms with Gasteiger partial charge in [0.2, 0.25) is 0 Å². The van der Waals surface area contributed by atoms with Gasteiger partial charge in [-0.15, -0.1) is 11.3 Å². The molecule has 0 radical (unpaired) electrons. The van der Waals surface area contributed by atoms with Gasteiger partial charge in [0, 0.05) is 16.0 Å². The Bertz CT molecular complexity index is 906. The highest BCUT2D eigenvalue weighted by atomic mass is 32.1. The van der Waals surface area contributed by atoms with E-state index in [-0.39, 0.29) is 18.6 Å². The molecular weight excluding hydrogens is 336 g/mol. The number of carbonyl (C=O) groups excluding carboxylic acids is 2. The summed E-state index contributed by atoms with van der Waals surface area (Å²) in [5.41, 5.74) is 1.87. The average Bonchev–Trinajstić information content (AvgIpc) is 3.13. The molecule has 0 fully saturated rings. The number of pyridine rings is 1. The third kappa shape index (κ3) is 4.03. The van der Waals surface area contributed by atoms with E-state index in [1.165, 1.54) is 0 Å². The fraction of sp³-hybridized carbons (Fsp3) is 0.211. The molecule has 0 spiro atoms. The molecule has 1 aromatic carbocycles. The molecular formula is C19H18N2O3S. The summed E-state index contributed by atoms with van der Waals surface area (Å²) in [6.07, 6.45) is 0. The quantitative estimate of drug-likeness (QED) is 0.710. The number of nitrogens with zero attached hydrogens (tertiary/aromatic N) is 1. The van der Waals surface area contributed by atoms with E-state index >= 15 is 0 Å². The van der Waals surface area contributed by atoms with Gasteiger partial charge in [0.15, 0.2) is 6.61 Å². The van der Waals surface area contributed by atoms with E-state index in [2.05, 4.69) is 10.3 Å². The van der Waals surface area contributed by atoms with Crippen LogP contribution in [-0.4, -0.2) is 23.5 Å².